The molecule has 3 rings (SSSR count). The van der Waals surface area contributed by atoms with Crippen LogP contribution in [0.2, 0.25) is 0 Å². The number of likely N-dealkylation sites (N-methyl/N-ethyl adjacent to an activating group) is 1. The fourth-order valence-electron chi connectivity index (χ4n) is 3.05. The van der Waals surface area contributed by atoms with Crippen LogP contribution in [0.15, 0.2) is 60.7 Å². The van der Waals surface area contributed by atoms with E-state index >= 15 is 0 Å². The van der Waals surface area contributed by atoms with Crippen molar-refractivity contribution in [2.75, 3.05) is 13.6 Å². The molecule has 0 radical (unpaired) electrons. The van der Waals surface area contributed by atoms with E-state index in [1.807, 2.05) is 36.4 Å². The van der Waals surface area contributed by atoms with Crippen molar-refractivity contribution in [1.29, 1.82) is 0 Å². The van der Waals surface area contributed by atoms with Gasteiger partial charge in [-0.15, -0.1) is 0 Å². The first-order valence-electron chi connectivity index (χ1n) is 6.26. The summed E-state index contributed by atoms with van der Waals surface area (Å²) in [5.41, 5.74) is 1.91. The van der Waals surface area contributed by atoms with E-state index in [0.29, 0.717) is 6.54 Å². The van der Waals surface area contributed by atoms with Crippen LogP contribution >= 0.6 is 0 Å². The molecule has 2 heteroatoms. The molecule has 0 aliphatic carbocycles. The summed E-state index contributed by atoms with van der Waals surface area (Å²) in [6.07, 6.45) is -0.354. The first-order chi connectivity index (χ1) is 8.76. The van der Waals surface area contributed by atoms with Gasteiger partial charge in [0.15, 0.2) is 0 Å². The third-order valence-corrected chi connectivity index (χ3v) is 3.96. The number of aliphatic hydroxyl groups is 1. The second kappa shape index (κ2) is 4.23. The molecule has 1 N–H and O–H groups in total. The maximum Gasteiger partial charge on any atom is 0.0990 e. The SMILES string of the molecule is CN1CC(O)C1(c1ccccc1)c1ccccc1. The van der Waals surface area contributed by atoms with Gasteiger partial charge in [0.1, 0.15) is 0 Å². The Morgan fingerprint density at radius 2 is 1.39 bits per heavy atom. The van der Waals surface area contributed by atoms with Crippen LogP contribution in [0.5, 0.6) is 0 Å². The van der Waals surface area contributed by atoms with E-state index < -0.39 is 0 Å². The van der Waals surface area contributed by atoms with Gasteiger partial charge in [-0.2, -0.15) is 0 Å². The molecule has 2 aromatic carbocycles. The highest BCUT2D eigenvalue weighted by Crippen LogP contribution is 2.44. The average Bonchev–Trinajstić information content (AvgIpc) is 2.41. The molecular weight excluding hydrogens is 222 g/mol. The van der Waals surface area contributed by atoms with Crippen molar-refractivity contribution in [2.45, 2.75) is 11.6 Å². The van der Waals surface area contributed by atoms with Gasteiger partial charge in [0.2, 0.25) is 0 Å². The van der Waals surface area contributed by atoms with Gasteiger partial charge >= 0.3 is 0 Å². The number of hydrogen-bond donors (Lipinski definition) is 1. The molecule has 1 heterocycles. The standard InChI is InChI=1S/C16H17NO/c1-17-12-15(18)16(17,13-8-4-2-5-9-13)14-10-6-3-7-11-14/h2-11,15,18H,12H2,1H3. The lowest BCUT2D eigenvalue weighted by molar-refractivity contribution is -0.104. The molecule has 1 fully saturated rings. The predicted molar refractivity (Wildman–Crippen MR) is 72.3 cm³/mol. The Hall–Kier alpha value is -1.64. The Bertz CT molecular complexity index is 474. The van der Waals surface area contributed by atoms with E-state index in [0.717, 1.165) is 11.1 Å². The number of nitrogens with zero attached hydrogens (tertiary/aromatic N) is 1. The highest BCUT2D eigenvalue weighted by Gasteiger charge is 2.53. The fourth-order valence-corrected chi connectivity index (χ4v) is 3.05. The maximum atomic E-state index is 10.4. The van der Waals surface area contributed by atoms with Crippen LogP contribution < -0.4 is 0 Å². The minimum absolute atomic E-state index is 0.354. The van der Waals surface area contributed by atoms with Gasteiger partial charge in [-0.1, -0.05) is 60.7 Å². The van der Waals surface area contributed by atoms with Crippen molar-refractivity contribution in [3.05, 3.63) is 71.8 Å². The van der Waals surface area contributed by atoms with Crippen LogP contribution in [-0.2, 0) is 5.54 Å². The van der Waals surface area contributed by atoms with Gasteiger partial charge in [-0.05, 0) is 18.2 Å². The molecular formula is C16H17NO. The number of β-amino-alcohol motifs (C(OH)–C–C–N with tert-alkyl or cyclic N) is 1. The average molecular weight is 239 g/mol. The molecule has 1 aliphatic rings. The zero-order valence-electron chi connectivity index (χ0n) is 10.5. The highest BCUT2D eigenvalue weighted by molar-refractivity contribution is 5.43. The van der Waals surface area contributed by atoms with E-state index in [-0.39, 0.29) is 11.6 Å². The van der Waals surface area contributed by atoms with Crippen LogP contribution in [0.4, 0.5) is 0 Å². The van der Waals surface area contributed by atoms with E-state index in [2.05, 4.69) is 36.2 Å². The topological polar surface area (TPSA) is 23.5 Å². The third kappa shape index (κ3) is 1.43. The van der Waals surface area contributed by atoms with Crippen molar-refractivity contribution < 1.29 is 5.11 Å². The van der Waals surface area contributed by atoms with E-state index in [1.165, 1.54) is 0 Å². The van der Waals surface area contributed by atoms with Crippen molar-refractivity contribution in [3.63, 3.8) is 0 Å². The molecule has 1 saturated heterocycles. The summed E-state index contributed by atoms with van der Waals surface area (Å²) in [5, 5.41) is 10.4. The predicted octanol–water partition coefficient (Wildman–Crippen LogP) is 2.24. The molecule has 92 valence electrons. The lowest BCUT2D eigenvalue weighted by Gasteiger charge is -2.55. The summed E-state index contributed by atoms with van der Waals surface area (Å²) in [6, 6.07) is 20.5. The number of hydrogen-bond acceptors (Lipinski definition) is 2. The smallest absolute Gasteiger partial charge is 0.0990 e. The molecule has 1 unspecified atom stereocenters. The molecule has 1 atom stereocenters. The van der Waals surface area contributed by atoms with Crippen molar-refractivity contribution in [1.82, 2.24) is 4.90 Å². The Morgan fingerprint density at radius 3 is 1.72 bits per heavy atom. The number of benzene rings is 2. The molecule has 0 amide bonds. The summed E-state index contributed by atoms with van der Waals surface area (Å²) < 4.78 is 0. The summed E-state index contributed by atoms with van der Waals surface area (Å²) in [5.74, 6) is 0. The van der Waals surface area contributed by atoms with Gasteiger partial charge in [0, 0.05) is 6.54 Å². The summed E-state index contributed by atoms with van der Waals surface area (Å²) in [6.45, 7) is 0.712. The molecule has 0 bridgehead atoms. The molecule has 0 saturated carbocycles. The van der Waals surface area contributed by atoms with Gasteiger partial charge in [0.25, 0.3) is 0 Å². The van der Waals surface area contributed by atoms with E-state index in [9.17, 15) is 5.11 Å². The van der Waals surface area contributed by atoms with Gasteiger partial charge < -0.3 is 5.11 Å². The molecule has 0 aromatic heterocycles. The minimum Gasteiger partial charge on any atom is -0.389 e. The molecule has 1 aliphatic heterocycles. The summed E-state index contributed by atoms with van der Waals surface area (Å²) in [7, 11) is 2.06. The minimum atomic E-state index is -0.386. The lowest BCUT2D eigenvalue weighted by atomic mass is 9.71. The molecule has 18 heavy (non-hydrogen) atoms. The van der Waals surface area contributed by atoms with Crippen LogP contribution in [0, 0.1) is 0 Å². The number of aliphatic hydroxyl groups excluding tert-OH is 1. The van der Waals surface area contributed by atoms with Crippen LogP contribution in [-0.4, -0.2) is 29.7 Å². The van der Waals surface area contributed by atoms with Crippen molar-refractivity contribution >= 4 is 0 Å². The summed E-state index contributed by atoms with van der Waals surface area (Å²) in [4.78, 5) is 2.21. The lowest BCUT2D eigenvalue weighted by Crippen LogP contribution is -2.67. The Balaban J connectivity index is 2.17. The maximum absolute atomic E-state index is 10.4. The zero-order valence-corrected chi connectivity index (χ0v) is 10.5. The van der Waals surface area contributed by atoms with Crippen molar-refractivity contribution in [2.24, 2.45) is 0 Å². The Morgan fingerprint density at radius 1 is 0.944 bits per heavy atom. The van der Waals surface area contributed by atoms with Crippen LogP contribution in [0.3, 0.4) is 0 Å². The largest absolute Gasteiger partial charge is 0.389 e. The second-order valence-electron chi connectivity index (χ2n) is 4.89. The zero-order chi connectivity index (χ0) is 12.6. The molecule has 0 spiro atoms. The van der Waals surface area contributed by atoms with Gasteiger partial charge in [-0.25, -0.2) is 0 Å². The van der Waals surface area contributed by atoms with E-state index in [4.69, 9.17) is 0 Å². The van der Waals surface area contributed by atoms with Gasteiger partial charge in [-0.3, -0.25) is 4.90 Å². The number of rotatable bonds is 2. The second-order valence-corrected chi connectivity index (χ2v) is 4.89. The fraction of sp³-hybridized carbons (Fsp3) is 0.250. The first-order valence-corrected chi connectivity index (χ1v) is 6.26. The normalized spacial score (nSPS) is 22.4. The van der Waals surface area contributed by atoms with E-state index in [1.54, 1.807) is 0 Å². The monoisotopic (exact) mass is 239 g/mol. The Kier molecular flexibility index (Phi) is 2.69. The first kappa shape index (κ1) is 11.5. The summed E-state index contributed by atoms with van der Waals surface area (Å²) >= 11 is 0. The van der Waals surface area contributed by atoms with Gasteiger partial charge in [0.05, 0.1) is 11.6 Å². The Labute approximate surface area is 107 Å². The molecule has 2 aromatic rings. The quantitative estimate of drug-likeness (QED) is 0.868. The van der Waals surface area contributed by atoms with Crippen molar-refractivity contribution in [3.8, 4) is 0 Å². The van der Waals surface area contributed by atoms with Crippen LogP contribution in [0.25, 0.3) is 0 Å². The third-order valence-electron chi connectivity index (χ3n) is 3.96. The molecule has 2 nitrogen and oxygen atoms in total. The number of likely N-dealkylation sites (tertiary alicyclic amines) is 1. The van der Waals surface area contributed by atoms with Crippen LogP contribution in [0.1, 0.15) is 11.1 Å². The highest BCUT2D eigenvalue weighted by atomic mass is 16.3.